The lowest BCUT2D eigenvalue weighted by Crippen LogP contribution is -2.33. The molecule has 0 aliphatic carbocycles. The van der Waals surface area contributed by atoms with Crippen LogP contribution in [0.3, 0.4) is 0 Å². The Morgan fingerprint density at radius 2 is 1.84 bits per heavy atom. The Morgan fingerprint density at radius 3 is 2.37 bits per heavy atom. The van der Waals surface area contributed by atoms with Gasteiger partial charge in [0.25, 0.3) is 0 Å². The first-order valence-corrected chi connectivity index (χ1v) is 8.12. The molecule has 4 nitrogen and oxygen atoms in total. The zero-order valence-corrected chi connectivity index (χ0v) is 12.6. The summed E-state index contributed by atoms with van der Waals surface area (Å²) in [6, 6.07) is 7.18. The number of nitrogens with two attached hydrogens (primary N) is 1. The van der Waals surface area contributed by atoms with Crippen LogP contribution in [-0.4, -0.2) is 33.1 Å². The molecule has 0 bridgehead atoms. The smallest absolute Gasteiger partial charge is 0.154 e. The molecular weight excluding hydrogens is 262 g/mol. The standard InChI is InChI=1S/C14H23NO3S/c1-11-5-7-13(8-6-11)14(15)12(2)19(16,17)10-4-9-18-3/h5-8,12,14H,4,9-10,15H2,1-3H3. The molecule has 0 amide bonds. The first-order chi connectivity index (χ1) is 8.88. The van der Waals surface area contributed by atoms with E-state index >= 15 is 0 Å². The van der Waals surface area contributed by atoms with Crippen LogP contribution in [0, 0.1) is 6.92 Å². The number of sulfone groups is 1. The van der Waals surface area contributed by atoms with Gasteiger partial charge in [-0.05, 0) is 25.8 Å². The van der Waals surface area contributed by atoms with Gasteiger partial charge in [0.1, 0.15) is 0 Å². The number of aryl methyl sites for hydroxylation is 1. The quantitative estimate of drug-likeness (QED) is 0.776. The van der Waals surface area contributed by atoms with Gasteiger partial charge >= 0.3 is 0 Å². The Bertz CT molecular complexity index is 482. The predicted molar refractivity (Wildman–Crippen MR) is 77.8 cm³/mol. The van der Waals surface area contributed by atoms with Gasteiger partial charge in [0.2, 0.25) is 0 Å². The monoisotopic (exact) mass is 285 g/mol. The van der Waals surface area contributed by atoms with E-state index in [1.54, 1.807) is 14.0 Å². The van der Waals surface area contributed by atoms with Gasteiger partial charge < -0.3 is 10.5 Å². The Kier molecular flexibility index (Phi) is 5.97. The molecule has 5 heteroatoms. The number of methoxy groups -OCH3 is 1. The van der Waals surface area contributed by atoms with E-state index in [9.17, 15) is 8.42 Å². The van der Waals surface area contributed by atoms with Gasteiger partial charge in [0, 0.05) is 19.8 Å². The third-order valence-electron chi connectivity index (χ3n) is 3.31. The van der Waals surface area contributed by atoms with Crippen molar-refractivity contribution in [3.8, 4) is 0 Å². The zero-order valence-electron chi connectivity index (χ0n) is 11.8. The normalized spacial score (nSPS) is 15.2. The molecule has 0 aliphatic rings. The van der Waals surface area contributed by atoms with Crippen molar-refractivity contribution in [3.63, 3.8) is 0 Å². The molecule has 0 radical (unpaired) electrons. The Hall–Kier alpha value is -0.910. The van der Waals surface area contributed by atoms with Crippen molar-refractivity contribution in [2.45, 2.75) is 31.6 Å². The lowest BCUT2D eigenvalue weighted by Gasteiger charge is -2.20. The third kappa shape index (κ3) is 4.60. The van der Waals surface area contributed by atoms with E-state index < -0.39 is 21.1 Å². The molecule has 0 spiro atoms. The van der Waals surface area contributed by atoms with Crippen LogP contribution >= 0.6 is 0 Å². The highest BCUT2D eigenvalue weighted by Crippen LogP contribution is 2.21. The highest BCUT2D eigenvalue weighted by molar-refractivity contribution is 7.92. The lowest BCUT2D eigenvalue weighted by atomic mass is 10.0. The molecule has 1 rings (SSSR count). The summed E-state index contributed by atoms with van der Waals surface area (Å²) >= 11 is 0. The average Bonchev–Trinajstić information content (AvgIpc) is 2.38. The summed E-state index contributed by atoms with van der Waals surface area (Å²) < 4.78 is 29.2. The Labute approximate surface area is 115 Å². The van der Waals surface area contributed by atoms with Gasteiger partial charge in [-0.25, -0.2) is 8.42 Å². The van der Waals surface area contributed by atoms with E-state index in [0.717, 1.165) is 11.1 Å². The van der Waals surface area contributed by atoms with Crippen molar-refractivity contribution in [1.82, 2.24) is 0 Å². The van der Waals surface area contributed by atoms with Gasteiger partial charge in [-0.15, -0.1) is 0 Å². The number of hydrogen-bond donors (Lipinski definition) is 1. The minimum Gasteiger partial charge on any atom is -0.385 e. The molecule has 2 N–H and O–H groups in total. The second-order valence-electron chi connectivity index (χ2n) is 4.85. The maximum Gasteiger partial charge on any atom is 0.154 e. The molecule has 2 unspecified atom stereocenters. The van der Waals surface area contributed by atoms with Crippen LogP contribution in [0.1, 0.15) is 30.5 Å². The summed E-state index contributed by atoms with van der Waals surface area (Å²) in [5, 5.41) is -0.591. The van der Waals surface area contributed by atoms with Crippen LogP contribution < -0.4 is 5.73 Å². The van der Waals surface area contributed by atoms with Crippen LogP contribution in [0.25, 0.3) is 0 Å². The van der Waals surface area contributed by atoms with Crippen molar-refractivity contribution in [2.24, 2.45) is 5.73 Å². The largest absolute Gasteiger partial charge is 0.385 e. The first-order valence-electron chi connectivity index (χ1n) is 6.41. The Balaban J connectivity index is 2.75. The van der Waals surface area contributed by atoms with Gasteiger partial charge in [0.15, 0.2) is 9.84 Å². The van der Waals surface area contributed by atoms with Gasteiger partial charge in [-0.2, -0.15) is 0 Å². The van der Waals surface area contributed by atoms with E-state index in [-0.39, 0.29) is 5.75 Å². The molecule has 108 valence electrons. The zero-order chi connectivity index (χ0) is 14.5. The highest BCUT2D eigenvalue weighted by atomic mass is 32.2. The topological polar surface area (TPSA) is 69.4 Å². The highest BCUT2D eigenvalue weighted by Gasteiger charge is 2.27. The van der Waals surface area contributed by atoms with Gasteiger partial charge in [-0.1, -0.05) is 29.8 Å². The van der Waals surface area contributed by atoms with Crippen molar-refractivity contribution >= 4 is 9.84 Å². The average molecular weight is 285 g/mol. The number of ether oxygens (including phenoxy) is 1. The second-order valence-corrected chi connectivity index (χ2v) is 7.33. The number of hydrogen-bond acceptors (Lipinski definition) is 4. The van der Waals surface area contributed by atoms with E-state index in [2.05, 4.69) is 0 Å². The van der Waals surface area contributed by atoms with Crippen molar-refractivity contribution in [2.75, 3.05) is 19.5 Å². The lowest BCUT2D eigenvalue weighted by molar-refractivity contribution is 0.199. The molecule has 0 aliphatic heterocycles. The maximum absolute atomic E-state index is 12.2. The maximum atomic E-state index is 12.2. The van der Waals surface area contributed by atoms with Crippen LogP contribution in [0.4, 0.5) is 0 Å². The van der Waals surface area contributed by atoms with Crippen molar-refractivity contribution in [3.05, 3.63) is 35.4 Å². The summed E-state index contributed by atoms with van der Waals surface area (Å²) in [5.41, 5.74) is 8.05. The van der Waals surface area contributed by atoms with E-state index in [4.69, 9.17) is 10.5 Å². The van der Waals surface area contributed by atoms with E-state index in [1.807, 2.05) is 31.2 Å². The molecule has 0 fully saturated rings. The van der Waals surface area contributed by atoms with Crippen LogP contribution in [0.15, 0.2) is 24.3 Å². The van der Waals surface area contributed by atoms with Crippen LogP contribution in [0.2, 0.25) is 0 Å². The van der Waals surface area contributed by atoms with Crippen LogP contribution in [-0.2, 0) is 14.6 Å². The fraction of sp³-hybridized carbons (Fsp3) is 0.571. The number of rotatable bonds is 7. The third-order valence-corrected chi connectivity index (χ3v) is 5.60. The summed E-state index contributed by atoms with van der Waals surface area (Å²) in [7, 11) is -1.63. The predicted octanol–water partition coefficient (Wildman–Crippen LogP) is 1.83. The minimum absolute atomic E-state index is 0.113. The second kappa shape index (κ2) is 7.03. The van der Waals surface area contributed by atoms with Crippen molar-refractivity contribution in [1.29, 1.82) is 0 Å². The SMILES string of the molecule is COCCCS(=O)(=O)C(C)C(N)c1ccc(C)cc1. The fourth-order valence-corrected chi connectivity index (χ4v) is 3.37. The molecule has 1 aromatic rings. The molecule has 0 saturated heterocycles. The number of benzene rings is 1. The summed E-state index contributed by atoms with van der Waals surface area (Å²) in [6.45, 7) is 4.11. The van der Waals surface area contributed by atoms with Crippen LogP contribution in [0.5, 0.6) is 0 Å². The fourth-order valence-electron chi connectivity index (χ4n) is 1.87. The molecule has 2 atom stereocenters. The minimum atomic E-state index is -3.20. The molecule has 1 aromatic carbocycles. The molecule has 0 heterocycles. The van der Waals surface area contributed by atoms with Gasteiger partial charge in [0.05, 0.1) is 11.0 Å². The molecule has 19 heavy (non-hydrogen) atoms. The Morgan fingerprint density at radius 1 is 1.26 bits per heavy atom. The summed E-state index contributed by atoms with van der Waals surface area (Å²) in [5.74, 6) is 0.113. The molecular formula is C14H23NO3S. The molecule has 0 saturated carbocycles. The van der Waals surface area contributed by atoms with Gasteiger partial charge in [-0.3, -0.25) is 0 Å². The summed E-state index contributed by atoms with van der Waals surface area (Å²) in [4.78, 5) is 0. The first kappa shape index (κ1) is 16.1. The summed E-state index contributed by atoms with van der Waals surface area (Å²) in [6.07, 6.45) is 0.504. The van der Waals surface area contributed by atoms with E-state index in [1.165, 1.54) is 0 Å². The molecule has 0 aromatic heterocycles. The van der Waals surface area contributed by atoms with Crippen molar-refractivity contribution < 1.29 is 13.2 Å². The van der Waals surface area contributed by atoms with E-state index in [0.29, 0.717) is 13.0 Å².